The lowest BCUT2D eigenvalue weighted by atomic mass is 9.84. The number of benzene rings is 2. The lowest BCUT2D eigenvalue weighted by molar-refractivity contribution is -0.155. The quantitative estimate of drug-likeness (QED) is 0.124. The molecule has 3 amide bonds. The zero-order valence-corrected chi connectivity index (χ0v) is 40.5. The Balaban J connectivity index is 1.18. The number of esters is 1. The molecule has 4 aliphatic rings. The van der Waals surface area contributed by atoms with E-state index in [1.807, 2.05) is 25.1 Å². The summed E-state index contributed by atoms with van der Waals surface area (Å²) in [5, 5.41) is 18.8. The Morgan fingerprint density at radius 3 is 2.52 bits per heavy atom. The standard InChI is InChI=1S/C49H64N8O9S/c1-9-56-40-15-14-31-22-36(40)37(44(56)35-12-10-16-50-42(35)29(4)65-8)23-49(5,6)27-66-48(62)38-13-11-17-57(53-38)47(61)39(20-30-18-32(31)21-34(58)19-30)52-45(59)43(28(2)3)54(7)46(60)33-25-55(26-33)67(63,64)41-24-51-41/h10,12,14-16,18-19,21-22,28-29,33,38-39,41,43,51,53,58H,9,11,13,17,20,23-27H2,1-8H3,(H,52,59)/t29-,38-,39-,41+,43?/m0/s1. The van der Waals surface area contributed by atoms with Crippen molar-refractivity contribution in [3.05, 3.63) is 71.5 Å². The molecule has 3 saturated heterocycles. The Morgan fingerprint density at radius 2 is 1.84 bits per heavy atom. The first kappa shape index (κ1) is 48.1. The van der Waals surface area contributed by atoms with Crippen molar-refractivity contribution >= 4 is 44.6 Å². The van der Waals surface area contributed by atoms with E-state index in [2.05, 4.69) is 59.6 Å². The first-order chi connectivity index (χ1) is 31.8. The second-order valence-electron chi connectivity index (χ2n) is 19.6. The number of fused-ring (bicyclic) bond motifs is 6. The lowest BCUT2D eigenvalue weighted by Crippen LogP contribution is -2.63. The molecule has 67 heavy (non-hydrogen) atoms. The van der Waals surface area contributed by atoms with Gasteiger partial charge in [-0.05, 0) is 97.7 Å². The molecule has 0 aliphatic carbocycles. The van der Waals surface area contributed by atoms with Crippen LogP contribution < -0.4 is 16.1 Å². The lowest BCUT2D eigenvalue weighted by Gasteiger charge is -2.41. The van der Waals surface area contributed by atoms with Gasteiger partial charge in [0.25, 0.3) is 5.91 Å². The normalized spacial score (nSPS) is 22.4. The van der Waals surface area contributed by atoms with Gasteiger partial charge < -0.3 is 29.4 Å². The number of hydrogen-bond donors (Lipinski definition) is 4. The number of nitrogens with one attached hydrogen (secondary N) is 3. The number of aromatic nitrogens is 2. The van der Waals surface area contributed by atoms with Crippen LogP contribution in [0.2, 0.25) is 0 Å². The van der Waals surface area contributed by atoms with Crippen LogP contribution in [0.3, 0.4) is 0 Å². The van der Waals surface area contributed by atoms with Crippen LogP contribution in [0.4, 0.5) is 0 Å². The number of sulfonamides is 1. The van der Waals surface area contributed by atoms with E-state index in [0.29, 0.717) is 43.5 Å². The van der Waals surface area contributed by atoms with Gasteiger partial charge in [0.05, 0.1) is 30.0 Å². The molecule has 0 saturated carbocycles. The maximum Gasteiger partial charge on any atom is 0.324 e. The summed E-state index contributed by atoms with van der Waals surface area (Å²) in [7, 11) is -0.347. The molecule has 0 spiro atoms. The van der Waals surface area contributed by atoms with Gasteiger partial charge in [0.15, 0.2) is 0 Å². The average molecular weight is 941 g/mol. The number of carbonyl (C=O) groups is 4. The van der Waals surface area contributed by atoms with Crippen LogP contribution in [0.25, 0.3) is 33.3 Å². The number of carbonyl (C=O) groups excluding carboxylic acids is 4. The molecule has 0 radical (unpaired) electrons. The molecule has 5 atom stereocenters. The fourth-order valence-electron chi connectivity index (χ4n) is 9.92. The number of cyclic esters (lactones) is 1. The predicted molar refractivity (Wildman–Crippen MR) is 252 cm³/mol. The Labute approximate surface area is 392 Å². The summed E-state index contributed by atoms with van der Waals surface area (Å²) in [6, 6.07) is 12.3. The van der Waals surface area contributed by atoms with Gasteiger partial charge in [-0.25, -0.2) is 13.8 Å². The summed E-state index contributed by atoms with van der Waals surface area (Å²) < 4.78 is 40.9. The minimum Gasteiger partial charge on any atom is -0.508 e. The van der Waals surface area contributed by atoms with Crippen molar-refractivity contribution in [3.63, 3.8) is 0 Å². The summed E-state index contributed by atoms with van der Waals surface area (Å²) in [6.07, 6.45) is 2.89. The molecule has 3 fully saturated rings. The molecule has 1 unspecified atom stereocenters. The number of hydrogen-bond acceptors (Lipinski definition) is 12. The fraction of sp³-hybridized carbons (Fsp3) is 0.531. The third-order valence-electron chi connectivity index (χ3n) is 13.6. The molecule has 17 nitrogen and oxygen atoms in total. The Bertz CT molecular complexity index is 2670. The van der Waals surface area contributed by atoms with Crippen LogP contribution in [0.15, 0.2) is 54.7 Å². The minimum atomic E-state index is -3.54. The van der Waals surface area contributed by atoms with Gasteiger partial charge in [0.1, 0.15) is 29.2 Å². The minimum absolute atomic E-state index is 0.0255. The van der Waals surface area contributed by atoms with Crippen LogP contribution in [0, 0.1) is 17.3 Å². The molecule has 4 aliphatic heterocycles. The van der Waals surface area contributed by atoms with Gasteiger partial charge in [-0.15, -0.1) is 0 Å². The number of nitrogens with zero attached hydrogens (tertiary/aromatic N) is 5. The van der Waals surface area contributed by atoms with Crippen LogP contribution in [0.1, 0.15) is 77.3 Å². The number of phenolic OH excluding ortho intramolecular Hbond substituents is 1. The van der Waals surface area contributed by atoms with E-state index in [1.54, 1.807) is 39.3 Å². The van der Waals surface area contributed by atoms with Crippen LogP contribution in [-0.4, -0.2) is 131 Å². The largest absolute Gasteiger partial charge is 0.508 e. The number of amides is 3. The molecule has 360 valence electrons. The third-order valence-corrected chi connectivity index (χ3v) is 15.7. The van der Waals surface area contributed by atoms with E-state index in [9.17, 15) is 32.7 Å². The maximum absolute atomic E-state index is 14.7. The molecule has 4 N–H and O–H groups in total. The number of rotatable bonds is 11. The van der Waals surface area contributed by atoms with E-state index < -0.39 is 68.6 Å². The molecule has 18 heteroatoms. The second kappa shape index (κ2) is 18.9. The monoisotopic (exact) mass is 940 g/mol. The van der Waals surface area contributed by atoms with Crippen molar-refractivity contribution < 1.29 is 42.2 Å². The highest BCUT2D eigenvalue weighted by Gasteiger charge is 2.49. The number of pyridine rings is 1. The first-order valence-electron chi connectivity index (χ1n) is 23.3. The summed E-state index contributed by atoms with van der Waals surface area (Å²) in [4.78, 5) is 63.1. The van der Waals surface area contributed by atoms with E-state index in [-0.39, 0.29) is 50.4 Å². The van der Waals surface area contributed by atoms with Crippen molar-refractivity contribution in [2.24, 2.45) is 17.3 Å². The topological polar surface area (TPSA) is 215 Å². The number of likely N-dealkylation sites (N-methyl/N-ethyl adjacent to an activating group) is 1. The van der Waals surface area contributed by atoms with E-state index in [0.717, 1.165) is 39.0 Å². The SMILES string of the molecule is CCn1c(-c2cccnc2[C@H](C)OC)c2c3cc(ccc31)-c1cc(O)cc(c1)C[C@H](NC(=O)C(C(C)C)N(C)C(=O)C1CN(S(=O)(=O)[C@@H]3CN3)C1)C(=O)N1CCC[C@H](N1)C(=O)OCC(C)(C)C2. The van der Waals surface area contributed by atoms with Crippen molar-refractivity contribution in [1.29, 1.82) is 0 Å². The fourth-order valence-corrected chi connectivity index (χ4v) is 11.6. The van der Waals surface area contributed by atoms with E-state index in [1.165, 1.54) is 21.3 Å². The van der Waals surface area contributed by atoms with Gasteiger partial charge in [-0.1, -0.05) is 39.8 Å². The third kappa shape index (κ3) is 9.68. The van der Waals surface area contributed by atoms with Crippen molar-refractivity contribution in [2.45, 2.75) is 103 Å². The Kier molecular flexibility index (Phi) is 13.6. The van der Waals surface area contributed by atoms with Gasteiger partial charge in [0, 0.05) is 81.4 Å². The molecular formula is C49H64N8O9S. The van der Waals surface area contributed by atoms with Gasteiger partial charge in [-0.2, -0.15) is 4.31 Å². The number of aryl methyl sites for hydroxylation is 1. The molecule has 8 rings (SSSR count). The van der Waals surface area contributed by atoms with Crippen LogP contribution in [-0.2, 0) is 58.1 Å². The number of phenols is 1. The molecule has 6 heterocycles. The predicted octanol–water partition coefficient (Wildman–Crippen LogP) is 4.13. The maximum atomic E-state index is 14.7. The Morgan fingerprint density at radius 1 is 1.09 bits per heavy atom. The highest BCUT2D eigenvalue weighted by atomic mass is 32.2. The zero-order chi connectivity index (χ0) is 48.1. The second-order valence-corrected chi connectivity index (χ2v) is 21.7. The van der Waals surface area contributed by atoms with Crippen LogP contribution >= 0.6 is 0 Å². The highest BCUT2D eigenvalue weighted by Crippen LogP contribution is 2.42. The summed E-state index contributed by atoms with van der Waals surface area (Å²) in [5.74, 6) is -2.98. The number of ether oxygens (including phenoxy) is 2. The van der Waals surface area contributed by atoms with Crippen molar-refractivity contribution in [2.75, 3.05) is 46.9 Å². The molecule has 4 aromatic rings. The highest BCUT2D eigenvalue weighted by molar-refractivity contribution is 7.90. The van der Waals surface area contributed by atoms with Crippen molar-refractivity contribution in [3.8, 4) is 28.1 Å². The number of aromatic hydroxyl groups is 1. The summed E-state index contributed by atoms with van der Waals surface area (Å²) in [6.45, 7) is 13.2. The van der Waals surface area contributed by atoms with Gasteiger partial charge in [0.2, 0.25) is 21.8 Å². The first-order valence-corrected chi connectivity index (χ1v) is 24.8. The summed E-state index contributed by atoms with van der Waals surface area (Å²) >= 11 is 0. The number of hydrazine groups is 1. The molecule has 6 bridgehead atoms. The summed E-state index contributed by atoms with van der Waals surface area (Å²) in [5.41, 5.74) is 9.41. The van der Waals surface area contributed by atoms with E-state index in [4.69, 9.17) is 14.5 Å². The smallest absolute Gasteiger partial charge is 0.324 e. The zero-order valence-electron chi connectivity index (χ0n) is 39.7. The number of methoxy groups -OCH3 is 1. The van der Waals surface area contributed by atoms with E-state index >= 15 is 0 Å². The Hall–Kier alpha value is -5.40. The average Bonchev–Trinajstić information content (AvgIpc) is 4.10. The molecular weight excluding hydrogens is 877 g/mol. The molecule has 2 aromatic carbocycles. The van der Waals surface area contributed by atoms with Crippen LogP contribution in [0.5, 0.6) is 5.75 Å². The van der Waals surface area contributed by atoms with Gasteiger partial charge in [-0.3, -0.25) is 34.5 Å². The molecule has 2 aromatic heterocycles. The van der Waals surface area contributed by atoms with Gasteiger partial charge >= 0.3 is 5.97 Å². The van der Waals surface area contributed by atoms with Crippen molar-refractivity contribution in [1.82, 2.24) is 39.8 Å².